The molecule has 2 atom stereocenters. The molecule has 30 heavy (non-hydrogen) atoms. The van der Waals surface area contributed by atoms with Gasteiger partial charge in [0, 0.05) is 9.65 Å². The monoisotopic (exact) mass is 554 g/mol. The quantitative estimate of drug-likeness (QED) is 0.112. The summed E-state index contributed by atoms with van der Waals surface area (Å²) in [5.41, 5.74) is -3.30. The smallest absolute Gasteiger partial charge is 0.323 e. The van der Waals surface area contributed by atoms with Gasteiger partial charge in [0.2, 0.25) is 0 Å². The Labute approximate surface area is 193 Å². The number of carbonyl (C=O) groups excluding carboxylic acids is 4. The van der Waals surface area contributed by atoms with Gasteiger partial charge in [-0.2, -0.15) is 0 Å². The van der Waals surface area contributed by atoms with Crippen LogP contribution in [0, 0.1) is 10.8 Å². The summed E-state index contributed by atoms with van der Waals surface area (Å²) in [5.74, 6) is -3.12. The highest BCUT2D eigenvalue weighted by atomic mass is 79.9. The molecule has 0 N–H and O–H groups in total. The van der Waals surface area contributed by atoms with Crippen LogP contribution < -0.4 is 0 Å². The first kappa shape index (κ1) is 28.3. The SMILES string of the molecule is C=CCC(CC(Br)C(Br)CC(CC=C)(C(=O)OC)C(=O)OC)(C(=O)OC)C(=O)OC. The molecule has 10 heteroatoms. The second-order valence-electron chi connectivity index (χ2n) is 6.56. The van der Waals surface area contributed by atoms with Crippen LogP contribution in [-0.4, -0.2) is 62.0 Å². The Balaban J connectivity index is 6.03. The molecule has 0 heterocycles. The molecule has 0 rings (SSSR count). The highest BCUT2D eigenvalue weighted by Crippen LogP contribution is 2.41. The Morgan fingerprint density at radius 3 is 1.10 bits per heavy atom. The van der Waals surface area contributed by atoms with Crippen LogP contribution >= 0.6 is 31.9 Å². The number of hydrogen-bond acceptors (Lipinski definition) is 8. The molecule has 0 radical (unpaired) electrons. The number of carbonyl (C=O) groups is 4. The van der Waals surface area contributed by atoms with E-state index in [1.807, 2.05) is 0 Å². The zero-order chi connectivity index (χ0) is 23.5. The van der Waals surface area contributed by atoms with Crippen molar-refractivity contribution >= 4 is 55.7 Å². The Bertz CT molecular complexity index is 573. The predicted molar refractivity (Wildman–Crippen MR) is 117 cm³/mol. The van der Waals surface area contributed by atoms with Gasteiger partial charge in [-0.05, 0) is 25.7 Å². The van der Waals surface area contributed by atoms with Crippen molar-refractivity contribution in [1.82, 2.24) is 0 Å². The van der Waals surface area contributed by atoms with Crippen molar-refractivity contribution in [1.29, 1.82) is 0 Å². The van der Waals surface area contributed by atoms with E-state index >= 15 is 0 Å². The number of methoxy groups -OCH3 is 4. The molecule has 0 aromatic rings. The van der Waals surface area contributed by atoms with E-state index in [2.05, 4.69) is 45.0 Å². The molecule has 0 aliphatic rings. The Kier molecular flexibility index (Phi) is 12.2. The van der Waals surface area contributed by atoms with Gasteiger partial charge in [0.05, 0.1) is 28.4 Å². The summed E-state index contributed by atoms with van der Waals surface area (Å²) in [6.07, 6.45) is 2.67. The number of esters is 4. The highest BCUT2D eigenvalue weighted by Gasteiger charge is 2.52. The molecule has 0 fully saturated rings. The van der Waals surface area contributed by atoms with Gasteiger partial charge in [0.15, 0.2) is 10.8 Å². The fraction of sp³-hybridized carbons (Fsp3) is 0.600. The molecule has 0 aliphatic heterocycles. The van der Waals surface area contributed by atoms with Gasteiger partial charge in [-0.25, -0.2) is 0 Å². The molecule has 0 amide bonds. The van der Waals surface area contributed by atoms with Crippen LogP contribution in [0.2, 0.25) is 0 Å². The summed E-state index contributed by atoms with van der Waals surface area (Å²) in [5, 5.41) is 0. The summed E-state index contributed by atoms with van der Waals surface area (Å²) in [4.78, 5) is 48.9. The molecular formula is C20H28Br2O8. The topological polar surface area (TPSA) is 105 Å². The molecular weight excluding hydrogens is 528 g/mol. The zero-order valence-corrected chi connectivity index (χ0v) is 20.7. The molecule has 0 aromatic carbocycles. The molecule has 2 unspecified atom stereocenters. The number of hydrogen-bond donors (Lipinski definition) is 0. The largest absolute Gasteiger partial charge is 0.468 e. The van der Waals surface area contributed by atoms with Crippen LogP contribution in [0.15, 0.2) is 25.3 Å². The van der Waals surface area contributed by atoms with E-state index in [1.165, 1.54) is 40.6 Å². The third kappa shape index (κ3) is 6.16. The van der Waals surface area contributed by atoms with Gasteiger partial charge >= 0.3 is 23.9 Å². The average Bonchev–Trinajstić information content (AvgIpc) is 2.75. The molecule has 0 saturated heterocycles. The minimum atomic E-state index is -1.65. The van der Waals surface area contributed by atoms with Crippen LogP contribution in [0.4, 0.5) is 0 Å². The fourth-order valence-corrected chi connectivity index (χ4v) is 4.67. The second kappa shape index (κ2) is 12.9. The van der Waals surface area contributed by atoms with E-state index in [0.717, 1.165) is 0 Å². The Morgan fingerprint density at radius 1 is 0.700 bits per heavy atom. The summed E-state index contributed by atoms with van der Waals surface area (Å²) in [6.45, 7) is 7.21. The first-order chi connectivity index (χ1) is 14.1. The Hall–Kier alpha value is -1.68. The second-order valence-corrected chi connectivity index (χ2v) is 8.91. The molecule has 8 nitrogen and oxygen atoms in total. The van der Waals surface area contributed by atoms with Crippen LogP contribution in [0.5, 0.6) is 0 Å². The summed E-state index contributed by atoms with van der Waals surface area (Å²) in [7, 11) is 4.67. The van der Waals surface area contributed by atoms with Crippen molar-refractivity contribution in [3.8, 4) is 0 Å². The van der Waals surface area contributed by atoms with Crippen molar-refractivity contribution < 1.29 is 38.1 Å². The number of alkyl halides is 2. The minimum absolute atomic E-state index is 0.0278. The lowest BCUT2D eigenvalue weighted by Gasteiger charge is -2.34. The van der Waals surface area contributed by atoms with Crippen LogP contribution in [-0.2, 0) is 38.1 Å². The van der Waals surface area contributed by atoms with Crippen molar-refractivity contribution in [2.75, 3.05) is 28.4 Å². The lowest BCUT2D eigenvalue weighted by molar-refractivity contribution is -0.172. The average molecular weight is 556 g/mol. The summed E-state index contributed by atoms with van der Waals surface area (Å²) < 4.78 is 19.3. The van der Waals surface area contributed by atoms with E-state index < -0.39 is 44.4 Å². The number of ether oxygens (including phenoxy) is 4. The van der Waals surface area contributed by atoms with E-state index in [0.29, 0.717) is 0 Å². The van der Waals surface area contributed by atoms with Crippen molar-refractivity contribution in [2.24, 2.45) is 10.8 Å². The molecule has 0 aliphatic carbocycles. The third-order valence-corrected chi connectivity index (χ3v) is 7.40. The van der Waals surface area contributed by atoms with Gasteiger partial charge in [0.25, 0.3) is 0 Å². The number of rotatable bonds is 13. The lowest BCUT2D eigenvalue weighted by Crippen LogP contribution is -2.46. The van der Waals surface area contributed by atoms with E-state index in [4.69, 9.17) is 18.9 Å². The third-order valence-electron chi connectivity index (χ3n) is 4.77. The Morgan fingerprint density at radius 2 is 0.933 bits per heavy atom. The van der Waals surface area contributed by atoms with E-state index in [1.54, 1.807) is 0 Å². The number of halogens is 2. The predicted octanol–water partition coefficient (Wildman–Crippen LogP) is 3.11. The standard InChI is InChI=1S/C20H28Br2O8/c1-7-9-19(15(23)27-3,16(24)28-4)11-13(21)14(22)12-20(10-8-2,17(25)29-5)18(26)30-6/h7-8,13-14H,1-2,9-12H2,3-6H3. The zero-order valence-electron chi connectivity index (χ0n) is 17.6. The fourth-order valence-electron chi connectivity index (χ4n) is 3.20. The van der Waals surface area contributed by atoms with E-state index in [9.17, 15) is 19.2 Å². The van der Waals surface area contributed by atoms with Crippen molar-refractivity contribution in [2.45, 2.75) is 35.3 Å². The highest BCUT2D eigenvalue weighted by molar-refractivity contribution is 9.12. The van der Waals surface area contributed by atoms with E-state index in [-0.39, 0.29) is 25.7 Å². The van der Waals surface area contributed by atoms with Gasteiger partial charge in [-0.1, -0.05) is 44.0 Å². The van der Waals surface area contributed by atoms with Gasteiger partial charge in [-0.15, -0.1) is 13.2 Å². The summed E-state index contributed by atoms with van der Waals surface area (Å²) >= 11 is 6.93. The lowest BCUT2D eigenvalue weighted by atomic mass is 9.76. The molecule has 0 bridgehead atoms. The molecule has 0 aromatic heterocycles. The maximum Gasteiger partial charge on any atom is 0.323 e. The number of allylic oxidation sites excluding steroid dienone is 2. The van der Waals surface area contributed by atoms with Crippen LogP contribution in [0.3, 0.4) is 0 Å². The van der Waals surface area contributed by atoms with Gasteiger partial charge in [-0.3, -0.25) is 19.2 Å². The first-order valence-electron chi connectivity index (χ1n) is 8.90. The normalized spacial score (nSPS) is 13.4. The maximum absolute atomic E-state index is 12.5. The first-order valence-corrected chi connectivity index (χ1v) is 10.7. The van der Waals surface area contributed by atoms with Crippen LogP contribution in [0.1, 0.15) is 25.7 Å². The maximum atomic E-state index is 12.5. The van der Waals surface area contributed by atoms with Gasteiger partial charge < -0.3 is 18.9 Å². The minimum Gasteiger partial charge on any atom is -0.468 e. The summed E-state index contributed by atoms with van der Waals surface area (Å²) in [6, 6.07) is 0. The molecule has 0 saturated carbocycles. The van der Waals surface area contributed by atoms with Crippen LogP contribution in [0.25, 0.3) is 0 Å². The van der Waals surface area contributed by atoms with Gasteiger partial charge in [0.1, 0.15) is 0 Å². The van der Waals surface area contributed by atoms with Crippen molar-refractivity contribution in [3.05, 3.63) is 25.3 Å². The molecule has 0 spiro atoms. The van der Waals surface area contributed by atoms with Crippen molar-refractivity contribution in [3.63, 3.8) is 0 Å². The molecule has 170 valence electrons.